The van der Waals surface area contributed by atoms with Gasteiger partial charge in [0.15, 0.2) is 0 Å². The molecule has 1 aromatic rings. The fraction of sp³-hybridized carbons (Fsp3) is 0.500. The van der Waals surface area contributed by atoms with Crippen molar-refractivity contribution in [3.05, 3.63) is 21.1 Å². The SMILES string of the molecule is Nc1cc(Br)cc(Br)c1S(=O)(=O)NCC1CCCCO1. The Morgan fingerprint density at radius 3 is 2.70 bits per heavy atom. The van der Waals surface area contributed by atoms with Gasteiger partial charge in [-0.15, -0.1) is 0 Å². The molecule has 0 aliphatic carbocycles. The van der Waals surface area contributed by atoms with E-state index in [0.29, 0.717) is 11.1 Å². The van der Waals surface area contributed by atoms with Gasteiger partial charge in [0.2, 0.25) is 10.0 Å². The van der Waals surface area contributed by atoms with Crippen LogP contribution in [0.1, 0.15) is 19.3 Å². The van der Waals surface area contributed by atoms with E-state index in [4.69, 9.17) is 10.5 Å². The number of anilines is 1. The summed E-state index contributed by atoms with van der Waals surface area (Å²) in [6.45, 7) is 0.959. The zero-order chi connectivity index (χ0) is 14.8. The number of rotatable bonds is 4. The molecule has 0 radical (unpaired) electrons. The molecule has 1 aliphatic rings. The first-order valence-corrected chi connectivity index (χ1v) is 9.33. The van der Waals surface area contributed by atoms with Crippen molar-refractivity contribution < 1.29 is 13.2 Å². The van der Waals surface area contributed by atoms with E-state index in [9.17, 15) is 8.42 Å². The summed E-state index contributed by atoms with van der Waals surface area (Å²) in [7, 11) is -3.66. The fourth-order valence-electron chi connectivity index (χ4n) is 2.11. The Morgan fingerprint density at radius 2 is 2.10 bits per heavy atom. The Hall–Kier alpha value is -0.150. The maximum atomic E-state index is 12.3. The van der Waals surface area contributed by atoms with Gasteiger partial charge in [-0.3, -0.25) is 0 Å². The molecule has 1 atom stereocenters. The standard InChI is InChI=1S/C12H16Br2N2O3S/c13-8-5-10(14)12(11(15)6-8)20(17,18)16-7-9-3-1-2-4-19-9/h5-6,9,16H,1-4,7,15H2. The molecule has 1 aromatic carbocycles. The topological polar surface area (TPSA) is 81.4 Å². The Bertz CT molecular complexity index is 563. The van der Waals surface area contributed by atoms with Crippen LogP contribution in [0, 0.1) is 0 Å². The van der Waals surface area contributed by atoms with E-state index in [1.54, 1.807) is 12.1 Å². The molecule has 1 saturated heterocycles. The van der Waals surface area contributed by atoms with Crippen LogP contribution in [0.3, 0.4) is 0 Å². The lowest BCUT2D eigenvalue weighted by Crippen LogP contribution is -2.35. The summed E-state index contributed by atoms with van der Waals surface area (Å²) in [5.74, 6) is 0. The van der Waals surface area contributed by atoms with E-state index < -0.39 is 10.0 Å². The molecular formula is C12H16Br2N2O3S. The second-order valence-electron chi connectivity index (χ2n) is 4.65. The first kappa shape index (κ1) is 16.2. The molecule has 0 saturated carbocycles. The summed E-state index contributed by atoms with van der Waals surface area (Å²) in [5, 5.41) is 0. The molecule has 8 heteroatoms. The number of hydrogen-bond acceptors (Lipinski definition) is 4. The van der Waals surface area contributed by atoms with Crippen molar-refractivity contribution in [1.82, 2.24) is 4.72 Å². The summed E-state index contributed by atoms with van der Waals surface area (Å²) >= 11 is 6.51. The normalized spacial score (nSPS) is 20.0. The van der Waals surface area contributed by atoms with Gasteiger partial charge in [-0.05, 0) is 47.3 Å². The average Bonchev–Trinajstić information content (AvgIpc) is 2.36. The zero-order valence-corrected chi connectivity index (χ0v) is 14.7. The van der Waals surface area contributed by atoms with Gasteiger partial charge < -0.3 is 10.5 Å². The number of ether oxygens (including phenoxy) is 1. The number of nitrogen functional groups attached to an aromatic ring is 1. The summed E-state index contributed by atoms with van der Waals surface area (Å²) in [6, 6.07) is 3.22. The van der Waals surface area contributed by atoms with Crippen LogP contribution >= 0.6 is 31.9 Å². The largest absolute Gasteiger partial charge is 0.398 e. The lowest BCUT2D eigenvalue weighted by molar-refractivity contribution is 0.0200. The Kier molecular flexibility index (Phi) is 5.47. The maximum absolute atomic E-state index is 12.3. The van der Waals surface area contributed by atoms with Crippen LogP contribution in [0.15, 0.2) is 26.0 Å². The van der Waals surface area contributed by atoms with E-state index in [2.05, 4.69) is 36.6 Å². The second-order valence-corrected chi connectivity index (χ2v) is 8.12. The molecule has 1 aliphatic heterocycles. The highest BCUT2D eigenvalue weighted by Crippen LogP contribution is 2.31. The number of nitrogens with one attached hydrogen (secondary N) is 1. The minimum Gasteiger partial charge on any atom is -0.398 e. The van der Waals surface area contributed by atoms with Crippen molar-refractivity contribution in [3.8, 4) is 0 Å². The van der Waals surface area contributed by atoms with Crippen LogP contribution in [-0.2, 0) is 14.8 Å². The van der Waals surface area contributed by atoms with E-state index in [0.717, 1.165) is 23.7 Å². The number of halogens is 2. The van der Waals surface area contributed by atoms with E-state index >= 15 is 0 Å². The minimum atomic E-state index is -3.66. The van der Waals surface area contributed by atoms with Gasteiger partial charge in [-0.25, -0.2) is 13.1 Å². The lowest BCUT2D eigenvalue weighted by atomic mass is 10.1. The lowest BCUT2D eigenvalue weighted by Gasteiger charge is -2.23. The Balaban J connectivity index is 2.14. The number of sulfonamides is 1. The zero-order valence-electron chi connectivity index (χ0n) is 10.7. The van der Waals surface area contributed by atoms with Crippen molar-refractivity contribution >= 4 is 47.6 Å². The molecule has 112 valence electrons. The molecule has 20 heavy (non-hydrogen) atoms. The third-order valence-corrected chi connectivity index (χ3v) is 5.97. The molecule has 5 nitrogen and oxygen atoms in total. The van der Waals surface area contributed by atoms with Gasteiger partial charge in [-0.1, -0.05) is 15.9 Å². The van der Waals surface area contributed by atoms with Crippen LogP contribution in [0.25, 0.3) is 0 Å². The van der Waals surface area contributed by atoms with Crippen molar-refractivity contribution in [3.63, 3.8) is 0 Å². The Morgan fingerprint density at radius 1 is 1.35 bits per heavy atom. The quantitative estimate of drug-likeness (QED) is 0.723. The molecular weight excluding hydrogens is 412 g/mol. The second kappa shape index (κ2) is 6.74. The van der Waals surface area contributed by atoms with Gasteiger partial charge in [0.05, 0.1) is 11.8 Å². The summed E-state index contributed by atoms with van der Waals surface area (Å²) in [5.41, 5.74) is 6.00. The summed E-state index contributed by atoms with van der Waals surface area (Å²) in [6.07, 6.45) is 2.92. The smallest absolute Gasteiger partial charge is 0.243 e. The number of hydrogen-bond donors (Lipinski definition) is 2. The van der Waals surface area contributed by atoms with E-state index in [-0.39, 0.29) is 23.2 Å². The first-order chi connectivity index (χ1) is 9.40. The predicted octanol–water partition coefficient (Wildman–Crippen LogP) is 2.64. The van der Waals surface area contributed by atoms with Crippen molar-refractivity contribution in [1.29, 1.82) is 0 Å². The monoisotopic (exact) mass is 426 g/mol. The van der Waals surface area contributed by atoms with Crippen molar-refractivity contribution in [2.45, 2.75) is 30.3 Å². The summed E-state index contributed by atoms with van der Waals surface area (Å²) < 4.78 is 33.9. The Labute approximate surface area is 135 Å². The molecule has 0 amide bonds. The van der Waals surface area contributed by atoms with E-state index in [1.807, 2.05) is 0 Å². The molecule has 3 N–H and O–H groups in total. The van der Waals surface area contributed by atoms with Gasteiger partial charge in [0.25, 0.3) is 0 Å². The molecule has 1 unspecified atom stereocenters. The third-order valence-electron chi connectivity index (χ3n) is 3.08. The highest BCUT2D eigenvalue weighted by Gasteiger charge is 2.23. The van der Waals surface area contributed by atoms with Crippen LogP contribution in [0.5, 0.6) is 0 Å². The first-order valence-electron chi connectivity index (χ1n) is 6.26. The molecule has 0 spiro atoms. The molecule has 1 heterocycles. The van der Waals surface area contributed by atoms with Crippen LogP contribution in [0.2, 0.25) is 0 Å². The molecule has 0 aromatic heterocycles. The van der Waals surface area contributed by atoms with Gasteiger partial charge >= 0.3 is 0 Å². The minimum absolute atomic E-state index is 0.0611. The van der Waals surface area contributed by atoms with E-state index in [1.165, 1.54) is 0 Å². The van der Waals surface area contributed by atoms with Crippen molar-refractivity contribution in [2.24, 2.45) is 0 Å². The van der Waals surface area contributed by atoms with Gasteiger partial charge in [0.1, 0.15) is 4.90 Å². The summed E-state index contributed by atoms with van der Waals surface area (Å²) in [4.78, 5) is 0.0662. The third kappa shape index (κ3) is 3.94. The highest BCUT2D eigenvalue weighted by molar-refractivity contribution is 9.11. The van der Waals surface area contributed by atoms with Crippen LogP contribution in [0.4, 0.5) is 5.69 Å². The molecule has 1 fully saturated rings. The fourth-order valence-corrected chi connectivity index (χ4v) is 5.24. The van der Waals surface area contributed by atoms with Gasteiger partial charge in [-0.2, -0.15) is 0 Å². The average molecular weight is 428 g/mol. The molecule has 0 bridgehead atoms. The number of nitrogens with two attached hydrogens (primary N) is 1. The molecule has 2 rings (SSSR count). The predicted molar refractivity (Wildman–Crippen MR) is 85.0 cm³/mol. The highest BCUT2D eigenvalue weighted by atomic mass is 79.9. The number of benzene rings is 1. The maximum Gasteiger partial charge on any atom is 0.243 e. The van der Waals surface area contributed by atoms with Crippen LogP contribution < -0.4 is 10.5 Å². The van der Waals surface area contributed by atoms with Crippen LogP contribution in [-0.4, -0.2) is 27.7 Å². The van der Waals surface area contributed by atoms with Crippen molar-refractivity contribution in [2.75, 3.05) is 18.9 Å². The van der Waals surface area contributed by atoms with Gasteiger partial charge in [0, 0.05) is 22.1 Å².